The van der Waals surface area contributed by atoms with E-state index in [1.54, 1.807) is 0 Å². The van der Waals surface area contributed by atoms with Crippen LogP contribution in [0.15, 0.2) is 186 Å². The van der Waals surface area contributed by atoms with Crippen LogP contribution in [0.4, 0.5) is 28.4 Å². The van der Waals surface area contributed by atoms with E-state index >= 15 is 0 Å². The van der Waals surface area contributed by atoms with Gasteiger partial charge in [-0.15, -0.1) is 0 Å². The van der Waals surface area contributed by atoms with Gasteiger partial charge >= 0.3 is 6.85 Å². The van der Waals surface area contributed by atoms with Crippen molar-refractivity contribution in [1.29, 1.82) is 0 Å². The zero-order chi connectivity index (χ0) is 47.6. The van der Waals surface area contributed by atoms with E-state index in [1.165, 1.54) is 99.7 Å². The Morgan fingerprint density at radius 3 is 1.89 bits per heavy atom. The van der Waals surface area contributed by atoms with Crippen LogP contribution in [0.5, 0.6) is 0 Å². The average molecular weight is 904 g/mol. The van der Waals surface area contributed by atoms with Crippen LogP contribution >= 0.6 is 0 Å². The summed E-state index contributed by atoms with van der Waals surface area (Å²) >= 11 is 0. The molecule has 0 bridgehead atoms. The van der Waals surface area contributed by atoms with Crippen LogP contribution < -0.4 is 20.6 Å². The van der Waals surface area contributed by atoms with E-state index in [2.05, 4.69) is 252 Å². The molecule has 3 aliphatic rings. The largest absolute Gasteiger partial charge is 0.455 e. The molecule has 70 heavy (non-hydrogen) atoms. The van der Waals surface area contributed by atoms with Crippen LogP contribution in [0.3, 0.4) is 0 Å². The molecule has 4 nitrogen and oxygen atoms in total. The van der Waals surface area contributed by atoms with Gasteiger partial charge in [0.2, 0.25) is 0 Å². The van der Waals surface area contributed by atoms with Gasteiger partial charge in [-0.2, -0.15) is 0 Å². The Balaban J connectivity index is 1.18. The topological polar surface area (TPSA) is 24.6 Å². The number of benzene rings is 9. The summed E-state index contributed by atoms with van der Waals surface area (Å²) in [5.41, 5.74) is 23.9. The van der Waals surface area contributed by atoms with Gasteiger partial charge < -0.3 is 18.7 Å². The maximum absolute atomic E-state index is 7.38. The van der Waals surface area contributed by atoms with Crippen LogP contribution in [0.25, 0.3) is 71.7 Å². The molecule has 1 aliphatic carbocycles. The monoisotopic (exact) mass is 903 g/mol. The fourth-order valence-corrected chi connectivity index (χ4v) is 12.6. The second kappa shape index (κ2) is 14.2. The molecule has 5 heteroatoms. The SMILES string of the molecule is CC(C)(C)c1ccc(N2B3c4cc(C(C)(C)C)ccc4-n4c5cc(N(c6ccccc6)c6ccccc6)ccc5c5c6c(oc7ccccc76)c(c3c54)-c3cc4c(cc32)C(C)(C)c2ccccc2-4)cc1. The molecule has 0 saturated carbocycles. The molecule has 0 unspecified atom stereocenters. The first-order valence-electron chi connectivity index (χ1n) is 25.0. The molecule has 14 rings (SSSR count). The minimum atomic E-state index is -0.191. The van der Waals surface area contributed by atoms with E-state index in [9.17, 15) is 0 Å². The van der Waals surface area contributed by atoms with Gasteiger partial charge in [0.25, 0.3) is 0 Å². The molecule has 9 aromatic carbocycles. The molecular weight excluding hydrogens is 850 g/mol. The summed E-state index contributed by atoms with van der Waals surface area (Å²) in [6.07, 6.45) is 0. The van der Waals surface area contributed by atoms with Crippen molar-refractivity contribution in [2.45, 2.75) is 71.6 Å². The maximum Gasteiger partial charge on any atom is 0.333 e. The zero-order valence-corrected chi connectivity index (χ0v) is 41.1. The summed E-state index contributed by atoms with van der Waals surface area (Å²) in [7, 11) is 0. The molecular formula is C65H54BN3O. The highest BCUT2D eigenvalue weighted by atomic mass is 16.3. The molecule has 0 radical (unpaired) electrons. The number of fused-ring (bicyclic) bond motifs is 16. The summed E-state index contributed by atoms with van der Waals surface area (Å²) in [4.78, 5) is 5.08. The van der Waals surface area contributed by atoms with Gasteiger partial charge in [-0.25, -0.2) is 0 Å². The highest BCUT2D eigenvalue weighted by Crippen LogP contribution is 2.57. The average Bonchev–Trinajstić information content (AvgIpc) is 3.98. The van der Waals surface area contributed by atoms with Crippen LogP contribution in [0, 0.1) is 0 Å². The van der Waals surface area contributed by atoms with Crippen molar-refractivity contribution in [1.82, 2.24) is 4.57 Å². The van der Waals surface area contributed by atoms with Crippen molar-refractivity contribution in [3.05, 3.63) is 204 Å². The molecule has 2 aromatic heterocycles. The molecule has 0 N–H and O–H groups in total. The Morgan fingerprint density at radius 2 is 1.17 bits per heavy atom. The van der Waals surface area contributed by atoms with Crippen molar-refractivity contribution >= 4 is 90.0 Å². The van der Waals surface area contributed by atoms with Gasteiger partial charge in [-0.3, -0.25) is 0 Å². The third-order valence-electron chi connectivity index (χ3n) is 16.0. The van der Waals surface area contributed by atoms with Crippen molar-refractivity contribution in [2.24, 2.45) is 0 Å². The molecule has 0 amide bonds. The molecule has 0 fully saturated rings. The van der Waals surface area contributed by atoms with Gasteiger partial charge in [-0.05, 0) is 128 Å². The van der Waals surface area contributed by atoms with Crippen LogP contribution in [0.2, 0.25) is 0 Å². The summed E-state index contributed by atoms with van der Waals surface area (Å²) in [6.45, 7) is 18.6. The Morgan fingerprint density at radius 1 is 0.514 bits per heavy atom. The van der Waals surface area contributed by atoms with E-state index < -0.39 is 0 Å². The normalized spacial score (nSPS) is 14.3. The molecule has 0 saturated heterocycles. The summed E-state index contributed by atoms with van der Waals surface area (Å²) in [6, 6.07) is 68.3. The van der Waals surface area contributed by atoms with E-state index in [1.807, 2.05) is 0 Å². The maximum atomic E-state index is 7.38. The number of furan rings is 1. The Hall–Kier alpha value is -7.76. The number of hydrogen-bond donors (Lipinski definition) is 0. The minimum Gasteiger partial charge on any atom is -0.455 e. The minimum absolute atomic E-state index is 0.00998. The fraction of sp³-hybridized carbons (Fsp3) is 0.169. The second-order valence-electron chi connectivity index (χ2n) is 22.5. The van der Waals surface area contributed by atoms with Gasteiger partial charge in [0.15, 0.2) is 0 Å². The molecule has 0 atom stereocenters. The Kier molecular flexibility index (Phi) is 8.35. The van der Waals surface area contributed by atoms with E-state index in [0.29, 0.717) is 0 Å². The van der Waals surface area contributed by atoms with Gasteiger partial charge in [0.1, 0.15) is 11.2 Å². The Labute approximate surface area is 410 Å². The van der Waals surface area contributed by atoms with E-state index in [0.717, 1.165) is 33.6 Å². The van der Waals surface area contributed by atoms with Crippen molar-refractivity contribution in [3.8, 4) is 27.9 Å². The molecule has 0 spiro atoms. The fourth-order valence-electron chi connectivity index (χ4n) is 12.6. The predicted octanol–water partition coefficient (Wildman–Crippen LogP) is 16.3. The molecule has 2 aliphatic heterocycles. The van der Waals surface area contributed by atoms with Crippen LogP contribution in [-0.2, 0) is 16.2 Å². The number of nitrogens with zero attached hydrogens (tertiary/aromatic N) is 3. The lowest BCUT2D eigenvalue weighted by atomic mass is 9.43. The molecule has 338 valence electrons. The lowest BCUT2D eigenvalue weighted by molar-refractivity contribution is 0.590. The van der Waals surface area contributed by atoms with E-state index in [-0.39, 0.29) is 23.1 Å². The highest BCUT2D eigenvalue weighted by molar-refractivity contribution is 6.94. The predicted molar refractivity (Wildman–Crippen MR) is 297 cm³/mol. The standard InChI is InChI=1S/C65H54BN3O/c1-63(2,3)39-27-30-43(31-28-39)69-55-38-51-48(45-23-15-17-25-50(45)65(51,7)8)37-49(55)59-60-61-57(58-47-24-16-18-26-56(47)70-62(58)59)46-33-32-44(67(41-19-11-9-12-20-41)42-21-13-10-14-22-42)36-54(46)68(61)53-34-29-40(64(4,5)6)35-52(53)66(60)69/h9-38H,1-8H3. The van der Waals surface area contributed by atoms with Crippen molar-refractivity contribution in [3.63, 3.8) is 0 Å². The molecule has 4 heterocycles. The summed E-state index contributed by atoms with van der Waals surface area (Å²) in [5, 5.41) is 4.76. The number of para-hydroxylation sites is 3. The van der Waals surface area contributed by atoms with Crippen LogP contribution in [0.1, 0.15) is 77.6 Å². The summed E-state index contributed by atoms with van der Waals surface area (Å²) in [5.74, 6) is 0. The Bertz CT molecular complexity index is 3960. The lowest BCUT2D eigenvalue weighted by Crippen LogP contribution is -2.60. The number of anilines is 5. The second-order valence-corrected chi connectivity index (χ2v) is 22.5. The number of aromatic nitrogens is 1. The summed E-state index contributed by atoms with van der Waals surface area (Å²) < 4.78 is 10.0. The zero-order valence-electron chi connectivity index (χ0n) is 41.1. The first kappa shape index (κ1) is 41.2. The van der Waals surface area contributed by atoms with Gasteiger partial charge in [0, 0.05) is 72.2 Å². The highest BCUT2D eigenvalue weighted by Gasteiger charge is 2.48. The third-order valence-corrected chi connectivity index (χ3v) is 16.0. The third kappa shape index (κ3) is 5.60. The first-order chi connectivity index (χ1) is 33.8. The van der Waals surface area contributed by atoms with Crippen molar-refractivity contribution < 1.29 is 4.42 Å². The quantitative estimate of drug-likeness (QED) is 0.165. The van der Waals surface area contributed by atoms with E-state index in [4.69, 9.17) is 4.42 Å². The van der Waals surface area contributed by atoms with Gasteiger partial charge in [0.05, 0.1) is 11.0 Å². The number of hydrogen-bond acceptors (Lipinski definition) is 3. The van der Waals surface area contributed by atoms with Crippen molar-refractivity contribution in [2.75, 3.05) is 9.71 Å². The van der Waals surface area contributed by atoms with Crippen LogP contribution in [-0.4, -0.2) is 11.4 Å². The van der Waals surface area contributed by atoms with Gasteiger partial charge in [-0.1, -0.05) is 165 Å². The number of rotatable bonds is 4. The first-order valence-corrected chi connectivity index (χ1v) is 25.0. The molecule has 11 aromatic rings. The smallest absolute Gasteiger partial charge is 0.333 e. The lowest BCUT2D eigenvalue weighted by Gasteiger charge is -2.43.